The highest BCUT2D eigenvalue weighted by Gasteiger charge is 2.24. The van der Waals surface area contributed by atoms with Crippen LogP contribution in [-0.2, 0) is 17.8 Å². The third-order valence-electron chi connectivity index (χ3n) is 4.96. The van der Waals surface area contributed by atoms with Crippen LogP contribution in [0.3, 0.4) is 0 Å². The molecule has 1 amide bonds. The molecule has 0 unspecified atom stereocenters. The first-order chi connectivity index (χ1) is 13.0. The van der Waals surface area contributed by atoms with Crippen molar-refractivity contribution in [3.63, 3.8) is 0 Å². The number of aryl methyl sites for hydroxylation is 2. The van der Waals surface area contributed by atoms with Gasteiger partial charge < -0.3 is 9.42 Å². The van der Waals surface area contributed by atoms with Crippen LogP contribution in [-0.4, -0.2) is 47.6 Å². The van der Waals surface area contributed by atoms with Gasteiger partial charge in [-0.1, -0.05) is 18.0 Å². The fourth-order valence-electron chi connectivity index (χ4n) is 3.52. The zero-order chi connectivity index (χ0) is 19.0. The fraction of sp³-hybridized carbons (Fsp3) is 0.556. The molecule has 1 fully saturated rings. The molecule has 3 aromatic rings. The lowest BCUT2D eigenvalue weighted by Crippen LogP contribution is -2.28. The number of amides is 1. The summed E-state index contributed by atoms with van der Waals surface area (Å²) in [5, 5.41) is 8.41. The van der Waals surface area contributed by atoms with E-state index in [4.69, 9.17) is 4.52 Å². The summed E-state index contributed by atoms with van der Waals surface area (Å²) in [5.41, 5.74) is 1.81. The summed E-state index contributed by atoms with van der Waals surface area (Å²) in [6, 6.07) is 1.93. The molecule has 9 heteroatoms. The van der Waals surface area contributed by atoms with Crippen LogP contribution < -0.4 is 0 Å². The van der Waals surface area contributed by atoms with Crippen LogP contribution in [0.5, 0.6) is 0 Å². The van der Waals surface area contributed by atoms with Crippen molar-refractivity contribution in [3.05, 3.63) is 35.0 Å². The molecule has 1 saturated carbocycles. The summed E-state index contributed by atoms with van der Waals surface area (Å²) in [4.78, 5) is 27.3. The van der Waals surface area contributed by atoms with Crippen LogP contribution in [0.2, 0.25) is 0 Å². The van der Waals surface area contributed by atoms with E-state index in [0.29, 0.717) is 35.8 Å². The minimum Gasteiger partial charge on any atom is -0.339 e. The topological polar surface area (TPSA) is 102 Å². The van der Waals surface area contributed by atoms with E-state index in [1.807, 2.05) is 19.9 Å². The van der Waals surface area contributed by atoms with E-state index in [1.165, 1.54) is 12.8 Å². The standard InChI is InChI=1S/C18H23N7O2/c1-11-8-12(2)25-18(19-11)21-14(22-25)9-16(26)24(3)10-15-20-17(27-23-15)13-6-4-5-7-13/h8,13H,4-7,9-10H2,1-3H3. The Labute approximate surface area is 156 Å². The molecule has 0 atom stereocenters. The third kappa shape index (κ3) is 3.67. The molecule has 0 spiro atoms. The minimum absolute atomic E-state index is 0.103. The van der Waals surface area contributed by atoms with Crippen LogP contribution in [0, 0.1) is 13.8 Å². The average molecular weight is 369 g/mol. The number of carbonyl (C=O) groups is 1. The number of fused-ring (bicyclic) bond motifs is 1. The van der Waals surface area contributed by atoms with Crippen LogP contribution in [0.25, 0.3) is 5.78 Å². The summed E-state index contributed by atoms with van der Waals surface area (Å²) >= 11 is 0. The predicted octanol–water partition coefficient (Wildman–Crippen LogP) is 1.98. The van der Waals surface area contributed by atoms with Gasteiger partial charge >= 0.3 is 0 Å². The summed E-state index contributed by atoms with van der Waals surface area (Å²) in [7, 11) is 1.72. The molecular formula is C18H23N7O2. The molecule has 0 saturated heterocycles. The summed E-state index contributed by atoms with van der Waals surface area (Å²) in [6.45, 7) is 4.15. The van der Waals surface area contributed by atoms with Crippen molar-refractivity contribution in [1.29, 1.82) is 0 Å². The number of hydrogen-bond acceptors (Lipinski definition) is 7. The molecule has 0 bridgehead atoms. The van der Waals surface area contributed by atoms with Crippen molar-refractivity contribution in [2.75, 3.05) is 7.05 Å². The molecular weight excluding hydrogens is 346 g/mol. The second-order valence-corrected chi connectivity index (χ2v) is 7.24. The second kappa shape index (κ2) is 7.05. The van der Waals surface area contributed by atoms with Crippen LogP contribution in [0.1, 0.15) is 60.5 Å². The number of likely N-dealkylation sites (N-methyl/N-ethyl adjacent to an activating group) is 1. The summed E-state index contributed by atoms with van der Waals surface area (Å²) in [6.07, 6.45) is 4.72. The van der Waals surface area contributed by atoms with E-state index < -0.39 is 0 Å². The van der Waals surface area contributed by atoms with Crippen LogP contribution in [0.4, 0.5) is 0 Å². The monoisotopic (exact) mass is 369 g/mol. The largest absolute Gasteiger partial charge is 0.339 e. The maximum absolute atomic E-state index is 12.5. The SMILES string of the molecule is Cc1cc(C)n2nc(CC(=O)N(C)Cc3noc(C4CCCC4)n3)nc2n1. The highest BCUT2D eigenvalue weighted by atomic mass is 16.5. The van der Waals surface area contributed by atoms with Gasteiger partial charge in [0, 0.05) is 24.4 Å². The van der Waals surface area contributed by atoms with Crippen molar-refractivity contribution >= 4 is 11.7 Å². The Morgan fingerprint density at radius 1 is 1.22 bits per heavy atom. The van der Waals surface area contributed by atoms with E-state index in [0.717, 1.165) is 24.2 Å². The first kappa shape index (κ1) is 17.6. The third-order valence-corrected chi connectivity index (χ3v) is 4.96. The van der Waals surface area contributed by atoms with Gasteiger partial charge in [0.1, 0.15) is 0 Å². The molecule has 3 aromatic heterocycles. The molecule has 4 rings (SSSR count). The number of carbonyl (C=O) groups excluding carboxylic acids is 1. The smallest absolute Gasteiger partial charge is 0.252 e. The lowest BCUT2D eigenvalue weighted by atomic mass is 10.1. The molecule has 1 aliphatic carbocycles. The Kier molecular flexibility index (Phi) is 4.59. The number of aromatic nitrogens is 6. The molecule has 0 N–H and O–H groups in total. The van der Waals surface area contributed by atoms with E-state index in [2.05, 4.69) is 25.2 Å². The first-order valence-electron chi connectivity index (χ1n) is 9.26. The maximum atomic E-state index is 12.5. The fourth-order valence-corrected chi connectivity index (χ4v) is 3.52. The Balaban J connectivity index is 1.41. The molecule has 142 valence electrons. The van der Waals surface area contributed by atoms with Gasteiger partial charge in [0.15, 0.2) is 11.6 Å². The molecule has 1 aliphatic rings. The Bertz CT molecular complexity index is 971. The van der Waals surface area contributed by atoms with Crippen molar-refractivity contribution in [3.8, 4) is 0 Å². The van der Waals surface area contributed by atoms with Gasteiger partial charge in [-0.05, 0) is 32.8 Å². The van der Waals surface area contributed by atoms with Crippen molar-refractivity contribution < 1.29 is 9.32 Å². The van der Waals surface area contributed by atoms with Crippen molar-refractivity contribution in [2.45, 2.75) is 58.4 Å². The highest BCUT2D eigenvalue weighted by Crippen LogP contribution is 2.32. The van der Waals surface area contributed by atoms with Gasteiger partial charge in [-0.2, -0.15) is 9.97 Å². The van der Waals surface area contributed by atoms with Gasteiger partial charge in [0.05, 0.1) is 13.0 Å². The van der Waals surface area contributed by atoms with E-state index in [1.54, 1.807) is 16.5 Å². The van der Waals surface area contributed by atoms with E-state index in [9.17, 15) is 4.79 Å². The zero-order valence-electron chi connectivity index (χ0n) is 15.8. The first-order valence-corrected chi connectivity index (χ1v) is 9.26. The van der Waals surface area contributed by atoms with Crippen molar-refractivity contribution in [1.82, 2.24) is 34.6 Å². The van der Waals surface area contributed by atoms with E-state index >= 15 is 0 Å². The zero-order valence-corrected chi connectivity index (χ0v) is 15.8. The summed E-state index contributed by atoms with van der Waals surface area (Å²) < 4.78 is 7.03. The molecule has 3 heterocycles. The van der Waals surface area contributed by atoms with Gasteiger partial charge in [0.25, 0.3) is 5.78 Å². The molecule has 0 aliphatic heterocycles. The quantitative estimate of drug-likeness (QED) is 0.677. The van der Waals surface area contributed by atoms with Crippen LogP contribution >= 0.6 is 0 Å². The van der Waals surface area contributed by atoms with Crippen molar-refractivity contribution in [2.24, 2.45) is 0 Å². The second-order valence-electron chi connectivity index (χ2n) is 7.24. The van der Waals surface area contributed by atoms with Gasteiger partial charge in [0.2, 0.25) is 11.8 Å². The minimum atomic E-state index is -0.104. The average Bonchev–Trinajstić information content (AvgIpc) is 3.33. The molecule has 0 radical (unpaired) electrons. The lowest BCUT2D eigenvalue weighted by Gasteiger charge is -2.13. The Morgan fingerprint density at radius 2 is 2.00 bits per heavy atom. The van der Waals surface area contributed by atoms with Gasteiger partial charge in [-0.3, -0.25) is 4.79 Å². The van der Waals surface area contributed by atoms with Gasteiger partial charge in [-0.25, -0.2) is 9.50 Å². The Hall–Kier alpha value is -2.84. The lowest BCUT2D eigenvalue weighted by molar-refractivity contribution is -0.129. The predicted molar refractivity (Wildman–Crippen MR) is 95.9 cm³/mol. The number of nitrogens with zero attached hydrogens (tertiary/aromatic N) is 7. The molecule has 27 heavy (non-hydrogen) atoms. The highest BCUT2D eigenvalue weighted by molar-refractivity contribution is 5.77. The molecule has 9 nitrogen and oxygen atoms in total. The van der Waals surface area contributed by atoms with E-state index in [-0.39, 0.29) is 12.3 Å². The number of hydrogen-bond donors (Lipinski definition) is 0. The molecule has 0 aromatic carbocycles. The Morgan fingerprint density at radius 3 is 2.78 bits per heavy atom. The maximum Gasteiger partial charge on any atom is 0.252 e. The summed E-state index contributed by atoms with van der Waals surface area (Å²) in [5.74, 6) is 2.46. The number of rotatable bonds is 5. The normalized spacial score (nSPS) is 14.9. The van der Waals surface area contributed by atoms with Gasteiger partial charge in [-0.15, -0.1) is 5.10 Å². The van der Waals surface area contributed by atoms with Crippen LogP contribution in [0.15, 0.2) is 10.6 Å².